The zero-order valence-electron chi connectivity index (χ0n) is 16.4. The molecule has 1 aliphatic rings. The third kappa shape index (κ3) is 3.55. The summed E-state index contributed by atoms with van der Waals surface area (Å²) in [7, 11) is 0. The first-order valence-electron chi connectivity index (χ1n) is 9.90. The van der Waals surface area contributed by atoms with Crippen LogP contribution in [0.15, 0.2) is 72.3 Å². The van der Waals surface area contributed by atoms with Crippen LogP contribution in [0, 0.1) is 6.92 Å². The van der Waals surface area contributed by atoms with E-state index < -0.39 is 0 Å². The van der Waals surface area contributed by atoms with Crippen molar-refractivity contribution in [2.24, 2.45) is 0 Å². The monoisotopic (exact) mass is 370 g/mol. The van der Waals surface area contributed by atoms with Crippen LogP contribution < -0.4 is 0 Å². The van der Waals surface area contributed by atoms with Gasteiger partial charge < -0.3 is 10.2 Å². The Balaban J connectivity index is 1.64. The molecule has 0 bridgehead atoms. The molecular weight excluding hydrogens is 344 g/mol. The zero-order chi connectivity index (χ0) is 19.7. The van der Waals surface area contributed by atoms with Crippen molar-refractivity contribution in [3.63, 3.8) is 0 Å². The lowest BCUT2D eigenvalue weighted by molar-refractivity contribution is 0.470. The van der Waals surface area contributed by atoms with Gasteiger partial charge in [0.1, 0.15) is 11.5 Å². The van der Waals surface area contributed by atoms with Crippen LogP contribution >= 0.6 is 0 Å². The fourth-order valence-electron chi connectivity index (χ4n) is 4.31. The van der Waals surface area contributed by atoms with E-state index in [1.807, 2.05) is 55.5 Å². The maximum absolute atomic E-state index is 10.4. The highest BCUT2D eigenvalue weighted by molar-refractivity contribution is 5.78. The summed E-state index contributed by atoms with van der Waals surface area (Å²) >= 11 is 0. The number of phenolic OH excluding ortho intramolecular Hbond substituents is 2. The lowest BCUT2D eigenvalue weighted by Gasteiger charge is -2.27. The Morgan fingerprint density at radius 1 is 0.786 bits per heavy atom. The van der Waals surface area contributed by atoms with Gasteiger partial charge in [0.2, 0.25) is 0 Å². The molecule has 0 saturated heterocycles. The minimum absolute atomic E-state index is 0.321. The van der Waals surface area contributed by atoms with Crippen LogP contribution in [0.3, 0.4) is 0 Å². The Morgan fingerprint density at radius 2 is 1.54 bits per heavy atom. The molecule has 2 nitrogen and oxygen atoms in total. The molecule has 0 amide bonds. The van der Waals surface area contributed by atoms with E-state index in [-0.39, 0.29) is 0 Å². The third-order valence-corrected chi connectivity index (χ3v) is 5.93. The van der Waals surface area contributed by atoms with Crippen molar-refractivity contribution < 1.29 is 10.2 Å². The van der Waals surface area contributed by atoms with E-state index >= 15 is 0 Å². The SMILES string of the molecule is CC1=C(c2ccc(O)c(-c3ccccc3)c2)CCC(c2ccc(O)c(C)c2)C1. The number of benzene rings is 3. The summed E-state index contributed by atoms with van der Waals surface area (Å²) in [6, 6.07) is 22.0. The molecule has 28 heavy (non-hydrogen) atoms. The number of hydrogen-bond donors (Lipinski definition) is 2. The van der Waals surface area contributed by atoms with Crippen molar-refractivity contribution in [2.75, 3.05) is 0 Å². The highest BCUT2D eigenvalue weighted by Gasteiger charge is 2.22. The minimum atomic E-state index is 0.321. The lowest BCUT2D eigenvalue weighted by atomic mass is 9.78. The first-order chi connectivity index (χ1) is 13.5. The topological polar surface area (TPSA) is 40.5 Å². The molecule has 3 aromatic rings. The molecule has 0 heterocycles. The molecule has 3 aromatic carbocycles. The van der Waals surface area contributed by atoms with E-state index in [0.29, 0.717) is 17.4 Å². The number of rotatable bonds is 3. The molecule has 1 unspecified atom stereocenters. The van der Waals surface area contributed by atoms with Gasteiger partial charge in [-0.3, -0.25) is 0 Å². The molecule has 0 saturated carbocycles. The molecule has 0 spiro atoms. The molecule has 0 aliphatic heterocycles. The fraction of sp³-hybridized carbons (Fsp3) is 0.231. The van der Waals surface area contributed by atoms with E-state index in [1.165, 1.54) is 22.3 Å². The van der Waals surface area contributed by atoms with Crippen molar-refractivity contribution in [1.29, 1.82) is 0 Å². The Morgan fingerprint density at radius 3 is 2.25 bits per heavy atom. The normalized spacial score (nSPS) is 17.0. The number of allylic oxidation sites excluding steroid dienone is 2. The van der Waals surface area contributed by atoms with Gasteiger partial charge in [0, 0.05) is 5.56 Å². The van der Waals surface area contributed by atoms with Crippen molar-refractivity contribution in [2.45, 2.75) is 39.0 Å². The number of hydrogen-bond acceptors (Lipinski definition) is 2. The molecule has 0 aromatic heterocycles. The predicted octanol–water partition coefficient (Wildman–Crippen LogP) is 6.81. The van der Waals surface area contributed by atoms with Gasteiger partial charge in [-0.1, -0.05) is 54.1 Å². The Kier molecular flexibility index (Phi) is 4.95. The van der Waals surface area contributed by atoms with Crippen LogP contribution in [-0.4, -0.2) is 10.2 Å². The van der Waals surface area contributed by atoms with E-state index in [1.54, 1.807) is 0 Å². The molecule has 4 rings (SSSR count). The highest BCUT2D eigenvalue weighted by atomic mass is 16.3. The van der Waals surface area contributed by atoms with E-state index in [4.69, 9.17) is 0 Å². The van der Waals surface area contributed by atoms with Crippen LogP contribution in [0.4, 0.5) is 0 Å². The summed E-state index contributed by atoms with van der Waals surface area (Å²) in [6.45, 7) is 4.18. The molecule has 142 valence electrons. The average molecular weight is 370 g/mol. The first-order valence-corrected chi connectivity index (χ1v) is 9.90. The molecule has 2 N–H and O–H groups in total. The minimum Gasteiger partial charge on any atom is -0.508 e. The van der Waals surface area contributed by atoms with Crippen molar-refractivity contribution >= 4 is 5.57 Å². The van der Waals surface area contributed by atoms with Crippen molar-refractivity contribution in [1.82, 2.24) is 0 Å². The van der Waals surface area contributed by atoms with Crippen LogP contribution in [0.2, 0.25) is 0 Å². The number of phenols is 2. The Bertz CT molecular complexity index is 1030. The summed E-state index contributed by atoms with van der Waals surface area (Å²) in [6.07, 6.45) is 3.15. The second-order valence-corrected chi connectivity index (χ2v) is 7.84. The first kappa shape index (κ1) is 18.4. The van der Waals surface area contributed by atoms with E-state index in [9.17, 15) is 10.2 Å². The van der Waals surface area contributed by atoms with Crippen LogP contribution in [0.1, 0.15) is 48.8 Å². The van der Waals surface area contributed by atoms with Gasteiger partial charge in [-0.25, -0.2) is 0 Å². The molecule has 0 fully saturated rings. The Hall–Kier alpha value is -3.00. The summed E-state index contributed by atoms with van der Waals surface area (Å²) in [5.74, 6) is 1.18. The van der Waals surface area contributed by atoms with Crippen molar-refractivity contribution in [3.05, 3.63) is 89.0 Å². The van der Waals surface area contributed by atoms with Gasteiger partial charge in [-0.05, 0) is 85.1 Å². The second kappa shape index (κ2) is 7.55. The van der Waals surface area contributed by atoms with Gasteiger partial charge >= 0.3 is 0 Å². The van der Waals surface area contributed by atoms with Crippen LogP contribution in [-0.2, 0) is 0 Å². The van der Waals surface area contributed by atoms with Gasteiger partial charge in [0.15, 0.2) is 0 Å². The molecule has 1 aliphatic carbocycles. The highest BCUT2D eigenvalue weighted by Crippen LogP contribution is 2.42. The molecule has 1 atom stereocenters. The standard InChI is InChI=1S/C26H26O2/c1-17-14-20(21-9-12-25(27)18(2)15-21)8-11-23(17)22-10-13-26(28)24(16-22)19-6-4-3-5-7-19/h3-7,9-10,12-13,15-16,20,27-28H,8,11,14H2,1-2H3. The summed E-state index contributed by atoms with van der Waals surface area (Å²) in [5, 5.41) is 20.2. The summed E-state index contributed by atoms with van der Waals surface area (Å²) < 4.78 is 0. The largest absolute Gasteiger partial charge is 0.508 e. The Labute approximate surface area is 166 Å². The van der Waals surface area contributed by atoms with Gasteiger partial charge in [0.25, 0.3) is 0 Å². The van der Waals surface area contributed by atoms with Crippen LogP contribution in [0.25, 0.3) is 16.7 Å². The molecule has 2 heteroatoms. The number of aromatic hydroxyl groups is 2. The van der Waals surface area contributed by atoms with E-state index in [0.717, 1.165) is 36.0 Å². The lowest BCUT2D eigenvalue weighted by Crippen LogP contribution is -2.08. The second-order valence-electron chi connectivity index (χ2n) is 7.84. The average Bonchev–Trinajstić information content (AvgIpc) is 2.71. The molecule has 0 radical (unpaired) electrons. The van der Waals surface area contributed by atoms with Crippen LogP contribution in [0.5, 0.6) is 11.5 Å². The summed E-state index contributed by atoms with van der Waals surface area (Å²) in [5.41, 5.74) is 8.17. The third-order valence-electron chi connectivity index (χ3n) is 5.93. The fourth-order valence-corrected chi connectivity index (χ4v) is 4.31. The summed E-state index contributed by atoms with van der Waals surface area (Å²) in [4.78, 5) is 0. The van der Waals surface area contributed by atoms with E-state index in [2.05, 4.69) is 25.1 Å². The van der Waals surface area contributed by atoms with Gasteiger partial charge in [-0.2, -0.15) is 0 Å². The molecular formula is C26H26O2. The van der Waals surface area contributed by atoms with Gasteiger partial charge in [0.05, 0.1) is 0 Å². The van der Waals surface area contributed by atoms with Gasteiger partial charge in [-0.15, -0.1) is 0 Å². The maximum atomic E-state index is 10.4. The quantitative estimate of drug-likeness (QED) is 0.531. The zero-order valence-corrected chi connectivity index (χ0v) is 16.4. The van der Waals surface area contributed by atoms with Crippen molar-refractivity contribution in [3.8, 4) is 22.6 Å². The number of aryl methyl sites for hydroxylation is 1. The maximum Gasteiger partial charge on any atom is 0.123 e. The predicted molar refractivity (Wildman–Crippen MR) is 116 cm³/mol. The smallest absolute Gasteiger partial charge is 0.123 e.